The summed E-state index contributed by atoms with van der Waals surface area (Å²) in [5.74, 6) is 0. The van der Waals surface area contributed by atoms with Crippen molar-refractivity contribution in [2.45, 2.75) is 18.6 Å². The first kappa shape index (κ1) is 16.3. The second kappa shape index (κ2) is 6.98. The monoisotopic (exact) mass is 345 g/mol. The minimum atomic E-state index is -0.617. The third-order valence-electron chi connectivity index (χ3n) is 4.66. The van der Waals surface area contributed by atoms with Gasteiger partial charge in [-0.2, -0.15) is 0 Å². The molecule has 26 heavy (non-hydrogen) atoms. The molecule has 1 aliphatic rings. The first-order chi connectivity index (χ1) is 12.7. The molecule has 3 aromatic rings. The number of carbonyl (C=O) groups excluding carboxylic acids is 1. The molecule has 4 rings (SSSR count). The van der Waals surface area contributed by atoms with Gasteiger partial charge in [-0.25, -0.2) is 4.79 Å². The molecule has 0 spiro atoms. The van der Waals surface area contributed by atoms with E-state index in [2.05, 4.69) is 15.6 Å². The van der Waals surface area contributed by atoms with E-state index in [0.717, 1.165) is 22.3 Å². The number of urea groups is 1. The molecule has 130 valence electrons. The second-order valence-corrected chi connectivity index (χ2v) is 6.33. The van der Waals surface area contributed by atoms with E-state index in [-0.39, 0.29) is 6.03 Å². The third-order valence-corrected chi connectivity index (χ3v) is 4.66. The van der Waals surface area contributed by atoms with Crippen LogP contribution in [0, 0.1) is 0 Å². The average Bonchev–Trinajstić information content (AvgIpc) is 2.98. The minimum absolute atomic E-state index is 0.341. The number of amides is 2. The molecule has 2 atom stereocenters. The number of aliphatic hydroxyl groups is 1. The van der Waals surface area contributed by atoms with Crippen molar-refractivity contribution in [3.8, 4) is 11.1 Å². The Bertz CT molecular complexity index is 927. The number of aliphatic hydroxyl groups excluding tert-OH is 1. The van der Waals surface area contributed by atoms with Gasteiger partial charge in [0.1, 0.15) is 0 Å². The predicted octanol–water partition coefficient (Wildman–Crippen LogP) is 3.53. The van der Waals surface area contributed by atoms with E-state index in [1.165, 1.54) is 0 Å². The van der Waals surface area contributed by atoms with E-state index < -0.39 is 12.1 Å². The Hall–Kier alpha value is -3.18. The van der Waals surface area contributed by atoms with Gasteiger partial charge in [0.05, 0.1) is 17.8 Å². The van der Waals surface area contributed by atoms with Crippen molar-refractivity contribution in [2.24, 2.45) is 0 Å². The Labute approximate surface area is 151 Å². The normalized spacial score (nSPS) is 18.2. The van der Waals surface area contributed by atoms with Crippen LogP contribution in [0.25, 0.3) is 11.1 Å². The molecular weight excluding hydrogens is 326 g/mol. The van der Waals surface area contributed by atoms with Crippen molar-refractivity contribution >= 4 is 11.7 Å². The fourth-order valence-electron chi connectivity index (χ4n) is 3.42. The van der Waals surface area contributed by atoms with Gasteiger partial charge in [0.15, 0.2) is 0 Å². The van der Waals surface area contributed by atoms with Crippen molar-refractivity contribution in [1.82, 2.24) is 10.3 Å². The largest absolute Gasteiger partial charge is 0.390 e. The number of anilines is 1. The van der Waals surface area contributed by atoms with Crippen molar-refractivity contribution < 1.29 is 9.90 Å². The molecule has 2 aromatic carbocycles. The van der Waals surface area contributed by atoms with Crippen molar-refractivity contribution in [3.05, 3.63) is 84.2 Å². The zero-order chi connectivity index (χ0) is 17.9. The van der Waals surface area contributed by atoms with Gasteiger partial charge in [-0.15, -0.1) is 0 Å². The quantitative estimate of drug-likeness (QED) is 0.680. The Morgan fingerprint density at radius 3 is 2.58 bits per heavy atom. The van der Waals surface area contributed by atoms with Crippen LogP contribution >= 0.6 is 0 Å². The van der Waals surface area contributed by atoms with Crippen molar-refractivity contribution in [2.75, 3.05) is 5.32 Å². The predicted molar refractivity (Wildman–Crippen MR) is 101 cm³/mol. The van der Waals surface area contributed by atoms with Crippen LogP contribution in [0.1, 0.15) is 17.2 Å². The van der Waals surface area contributed by atoms with Crippen LogP contribution in [0.3, 0.4) is 0 Å². The van der Waals surface area contributed by atoms with Gasteiger partial charge >= 0.3 is 6.03 Å². The number of hydrogen-bond donors (Lipinski definition) is 3. The molecule has 1 heterocycles. The Balaban J connectivity index is 1.53. The lowest BCUT2D eigenvalue weighted by atomic mass is 10.1. The summed E-state index contributed by atoms with van der Waals surface area (Å²) >= 11 is 0. The molecule has 0 saturated carbocycles. The first-order valence-electron chi connectivity index (χ1n) is 8.55. The second-order valence-electron chi connectivity index (χ2n) is 6.33. The summed E-state index contributed by atoms with van der Waals surface area (Å²) in [4.78, 5) is 16.6. The highest BCUT2D eigenvalue weighted by Gasteiger charge is 2.31. The Morgan fingerprint density at radius 2 is 1.73 bits per heavy atom. The molecule has 0 saturated heterocycles. The van der Waals surface area contributed by atoms with E-state index in [0.29, 0.717) is 12.1 Å². The summed E-state index contributed by atoms with van der Waals surface area (Å²) in [5, 5.41) is 16.1. The maximum Gasteiger partial charge on any atom is 0.319 e. The van der Waals surface area contributed by atoms with Gasteiger partial charge in [0.2, 0.25) is 0 Å². The smallest absolute Gasteiger partial charge is 0.319 e. The van der Waals surface area contributed by atoms with Gasteiger partial charge in [-0.1, -0.05) is 42.5 Å². The van der Waals surface area contributed by atoms with Crippen LogP contribution in [0.2, 0.25) is 0 Å². The van der Waals surface area contributed by atoms with E-state index in [1.54, 1.807) is 12.4 Å². The summed E-state index contributed by atoms with van der Waals surface area (Å²) in [6.07, 6.45) is 3.37. The number of fused-ring (bicyclic) bond motifs is 1. The van der Waals surface area contributed by atoms with Crippen LogP contribution in [0.4, 0.5) is 10.5 Å². The van der Waals surface area contributed by atoms with E-state index in [4.69, 9.17) is 0 Å². The molecule has 0 bridgehead atoms. The number of benzene rings is 2. The molecule has 0 unspecified atom stereocenters. The number of rotatable bonds is 3. The molecule has 5 heteroatoms. The highest BCUT2D eigenvalue weighted by Crippen LogP contribution is 2.32. The topological polar surface area (TPSA) is 74.2 Å². The summed E-state index contributed by atoms with van der Waals surface area (Å²) < 4.78 is 0. The van der Waals surface area contributed by atoms with Gasteiger partial charge in [-0.3, -0.25) is 4.98 Å². The molecule has 1 aromatic heterocycles. The molecule has 1 aliphatic carbocycles. The van der Waals surface area contributed by atoms with Crippen molar-refractivity contribution in [1.29, 1.82) is 0 Å². The lowest BCUT2D eigenvalue weighted by Crippen LogP contribution is -2.36. The minimum Gasteiger partial charge on any atom is -0.390 e. The maximum atomic E-state index is 12.6. The zero-order valence-corrected chi connectivity index (χ0v) is 14.1. The Kier molecular flexibility index (Phi) is 4.37. The SMILES string of the molecule is O=C(Nc1ccccc1-c1ccncc1)N[C@H]1c2ccccc2C[C@H]1O. The van der Waals surface area contributed by atoms with Crippen LogP contribution in [-0.2, 0) is 6.42 Å². The fraction of sp³-hybridized carbons (Fsp3) is 0.143. The summed E-state index contributed by atoms with van der Waals surface area (Å²) in [6, 6.07) is 18.4. The number of aromatic nitrogens is 1. The maximum absolute atomic E-state index is 12.6. The molecule has 2 amide bonds. The number of nitrogens with one attached hydrogen (secondary N) is 2. The number of pyridine rings is 1. The highest BCUT2D eigenvalue weighted by molar-refractivity contribution is 5.94. The van der Waals surface area contributed by atoms with Crippen LogP contribution < -0.4 is 10.6 Å². The Morgan fingerprint density at radius 1 is 1.00 bits per heavy atom. The molecule has 5 nitrogen and oxygen atoms in total. The lowest BCUT2D eigenvalue weighted by molar-refractivity contribution is 0.144. The number of carbonyl (C=O) groups is 1. The average molecular weight is 345 g/mol. The molecular formula is C21H19N3O2. The van der Waals surface area contributed by atoms with Gasteiger partial charge in [0, 0.05) is 24.4 Å². The van der Waals surface area contributed by atoms with Gasteiger partial charge < -0.3 is 15.7 Å². The first-order valence-corrected chi connectivity index (χ1v) is 8.55. The van der Waals surface area contributed by atoms with Crippen LogP contribution in [0.15, 0.2) is 73.1 Å². The number of para-hydroxylation sites is 1. The lowest BCUT2D eigenvalue weighted by Gasteiger charge is -2.19. The molecule has 3 N–H and O–H groups in total. The van der Waals surface area contributed by atoms with E-state index >= 15 is 0 Å². The number of hydrogen-bond acceptors (Lipinski definition) is 3. The summed E-state index contributed by atoms with van der Waals surface area (Å²) in [6.45, 7) is 0. The summed E-state index contributed by atoms with van der Waals surface area (Å²) in [7, 11) is 0. The molecule has 0 fully saturated rings. The molecule has 0 radical (unpaired) electrons. The number of nitrogens with zero attached hydrogens (tertiary/aromatic N) is 1. The fourth-order valence-corrected chi connectivity index (χ4v) is 3.42. The van der Waals surface area contributed by atoms with E-state index in [1.807, 2.05) is 60.7 Å². The van der Waals surface area contributed by atoms with Gasteiger partial charge in [0.25, 0.3) is 0 Å². The molecule has 0 aliphatic heterocycles. The standard InChI is InChI=1S/C21H19N3O2/c25-19-13-15-5-1-2-7-17(15)20(19)24-21(26)23-18-8-4-3-6-16(18)14-9-11-22-12-10-14/h1-12,19-20,25H,13H2,(H2,23,24,26)/t19-,20+/m1/s1. The van der Waals surface area contributed by atoms with Gasteiger partial charge in [-0.05, 0) is 34.9 Å². The van der Waals surface area contributed by atoms with E-state index in [9.17, 15) is 9.90 Å². The summed E-state index contributed by atoms with van der Waals surface area (Å²) in [5.41, 5.74) is 4.64. The van der Waals surface area contributed by atoms with Crippen LogP contribution in [0.5, 0.6) is 0 Å². The highest BCUT2D eigenvalue weighted by atomic mass is 16.3. The third kappa shape index (κ3) is 3.17. The van der Waals surface area contributed by atoms with Crippen LogP contribution in [-0.4, -0.2) is 22.2 Å². The van der Waals surface area contributed by atoms with Crippen molar-refractivity contribution in [3.63, 3.8) is 0 Å². The zero-order valence-electron chi connectivity index (χ0n) is 14.1.